The average Bonchev–Trinajstić information content (AvgIpc) is 2.76. The Morgan fingerprint density at radius 1 is 1.07 bits per heavy atom. The van der Waals surface area contributed by atoms with Crippen LogP contribution in [0.4, 0.5) is 5.69 Å². The summed E-state index contributed by atoms with van der Waals surface area (Å²) in [4.78, 5) is 2.30. The number of hydrogen-bond acceptors (Lipinski definition) is 1. The molecule has 15 heavy (non-hydrogen) atoms. The van der Waals surface area contributed by atoms with E-state index in [0.29, 0.717) is 0 Å². The highest BCUT2D eigenvalue weighted by atomic mass is 15.1. The van der Waals surface area contributed by atoms with Gasteiger partial charge in [-0.25, -0.2) is 0 Å². The lowest BCUT2D eigenvalue weighted by Crippen LogP contribution is -2.12. The van der Waals surface area contributed by atoms with Gasteiger partial charge in [0.1, 0.15) is 0 Å². The summed E-state index contributed by atoms with van der Waals surface area (Å²) in [7, 11) is 0. The molecule has 1 aromatic carbocycles. The largest absolute Gasteiger partial charge is 0.343 e. The summed E-state index contributed by atoms with van der Waals surface area (Å²) in [5.74, 6) is 0. The molecule has 0 aromatic heterocycles. The van der Waals surface area contributed by atoms with Crippen LogP contribution in [0.3, 0.4) is 0 Å². The molecule has 0 atom stereocenters. The first-order valence-corrected chi connectivity index (χ1v) is 5.26. The molecule has 1 heteroatoms. The average molecular weight is 195 g/mol. The van der Waals surface area contributed by atoms with Crippen LogP contribution < -0.4 is 4.90 Å². The summed E-state index contributed by atoms with van der Waals surface area (Å²) >= 11 is 0. The molecule has 1 aliphatic heterocycles. The molecule has 1 nitrogen and oxygen atoms in total. The van der Waals surface area contributed by atoms with E-state index in [0.717, 1.165) is 6.54 Å². The van der Waals surface area contributed by atoms with E-state index < -0.39 is 0 Å². The minimum atomic E-state index is 1.01. The van der Waals surface area contributed by atoms with Gasteiger partial charge in [-0.05, 0) is 30.2 Å². The molecule has 0 saturated heterocycles. The minimum absolute atomic E-state index is 1.01. The number of rotatable bonds is 1. The van der Waals surface area contributed by atoms with Crippen molar-refractivity contribution in [2.45, 2.75) is 6.92 Å². The third-order valence-corrected chi connectivity index (χ3v) is 2.88. The van der Waals surface area contributed by atoms with E-state index in [9.17, 15) is 0 Å². The van der Waals surface area contributed by atoms with Gasteiger partial charge in [-0.1, -0.05) is 35.9 Å². The molecule has 1 aliphatic carbocycles. The lowest BCUT2D eigenvalue weighted by atomic mass is 10.2. The summed E-state index contributed by atoms with van der Waals surface area (Å²) in [5, 5.41) is 0. The number of para-hydroxylation sites is 1. The normalized spacial score (nSPS) is 18.5. The fourth-order valence-corrected chi connectivity index (χ4v) is 2.18. The van der Waals surface area contributed by atoms with Crippen molar-refractivity contribution in [2.24, 2.45) is 0 Å². The van der Waals surface area contributed by atoms with Gasteiger partial charge in [0, 0.05) is 18.4 Å². The highest BCUT2D eigenvalue weighted by Crippen LogP contribution is 2.32. The van der Waals surface area contributed by atoms with Crippen molar-refractivity contribution in [3.8, 4) is 0 Å². The number of benzene rings is 1. The molecule has 74 valence electrons. The predicted octanol–water partition coefficient (Wildman–Crippen LogP) is 3.28. The molecule has 1 aromatic rings. The molecule has 0 bridgehead atoms. The molecule has 0 amide bonds. The Labute approximate surface area is 90.0 Å². The first kappa shape index (κ1) is 8.54. The van der Waals surface area contributed by atoms with Crippen LogP contribution in [0.15, 0.2) is 65.4 Å². The molecule has 0 unspecified atom stereocenters. The van der Waals surface area contributed by atoms with Crippen LogP contribution in [0, 0.1) is 0 Å². The number of allylic oxidation sites excluding steroid dienone is 3. The fraction of sp³-hybridized carbons (Fsp3) is 0.143. The first-order chi connectivity index (χ1) is 7.33. The standard InChI is InChI=1S/C14H13N/c1-11-7-12-9-15(10-13(12)8-11)14-5-3-2-4-6-14/h2-9H,10H2,1H3. The molecule has 0 N–H and O–H groups in total. The van der Waals surface area contributed by atoms with Crippen LogP contribution in [-0.2, 0) is 0 Å². The van der Waals surface area contributed by atoms with Crippen molar-refractivity contribution in [3.05, 3.63) is 65.4 Å². The van der Waals surface area contributed by atoms with Gasteiger partial charge in [0.2, 0.25) is 0 Å². The molecule has 0 spiro atoms. The van der Waals surface area contributed by atoms with E-state index in [4.69, 9.17) is 0 Å². The fourth-order valence-electron chi connectivity index (χ4n) is 2.18. The van der Waals surface area contributed by atoms with Crippen LogP contribution in [0.2, 0.25) is 0 Å². The summed E-state index contributed by atoms with van der Waals surface area (Å²) in [6, 6.07) is 10.5. The van der Waals surface area contributed by atoms with E-state index in [1.54, 1.807) is 0 Å². The van der Waals surface area contributed by atoms with Crippen molar-refractivity contribution < 1.29 is 0 Å². The first-order valence-electron chi connectivity index (χ1n) is 5.26. The van der Waals surface area contributed by atoms with Crippen molar-refractivity contribution in [1.82, 2.24) is 0 Å². The Morgan fingerprint density at radius 3 is 2.60 bits per heavy atom. The van der Waals surface area contributed by atoms with Gasteiger partial charge in [0.15, 0.2) is 0 Å². The van der Waals surface area contributed by atoms with Crippen molar-refractivity contribution in [1.29, 1.82) is 0 Å². The SMILES string of the molecule is CC1=CC2=CN(c3ccccc3)CC2=C1. The second kappa shape index (κ2) is 3.13. The second-order valence-electron chi connectivity index (χ2n) is 4.11. The molecule has 2 aliphatic rings. The third kappa shape index (κ3) is 1.40. The maximum Gasteiger partial charge on any atom is 0.0482 e. The van der Waals surface area contributed by atoms with E-state index >= 15 is 0 Å². The number of fused-ring (bicyclic) bond motifs is 1. The molecule has 0 saturated carbocycles. The Kier molecular flexibility index (Phi) is 1.78. The zero-order valence-electron chi connectivity index (χ0n) is 8.77. The van der Waals surface area contributed by atoms with Crippen LogP contribution in [0.25, 0.3) is 0 Å². The Bertz CT molecular complexity index is 477. The van der Waals surface area contributed by atoms with E-state index in [2.05, 4.69) is 60.5 Å². The van der Waals surface area contributed by atoms with Crippen molar-refractivity contribution in [3.63, 3.8) is 0 Å². The number of hydrogen-bond donors (Lipinski definition) is 0. The second-order valence-corrected chi connectivity index (χ2v) is 4.11. The molecular weight excluding hydrogens is 182 g/mol. The Balaban J connectivity index is 1.93. The highest BCUT2D eigenvalue weighted by Gasteiger charge is 2.20. The maximum absolute atomic E-state index is 2.30. The molecule has 0 fully saturated rings. The smallest absolute Gasteiger partial charge is 0.0482 e. The topological polar surface area (TPSA) is 3.24 Å². The van der Waals surface area contributed by atoms with Gasteiger partial charge in [-0.2, -0.15) is 0 Å². The molecular formula is C14H13N. The van der Waals surface area contributed by atoms with Crippen LogP contribution in [0.1, 0.15) is 6.92 Å². The molecule has 0 radical (unpaired) electrons. The van der Waals surface area contributed by atoms with Crippen molar-refractivity contribution in [2.75, 3.05) is 11.4 Å². The summed E-state index contributed by atoms with van der Waals surface area (Å²) in [5.41, 5.74) is 5.45. The van der Waals surface area contributed by atoms with Crippen LogP contribution in [-0.4, -0.2) is 6.54 Å². The van der Waals surface area contributed by atoms with Crippen LogP contribution >= 0.6 is 0 Å². The third-order valence-electron chi connectivity index (χ3n) is 2.88. The lowest BCUT2D eigenvalue weighted by Gasteiger charge is -2.15. The maximum atomic E-state index is 2.30. The van der Waals surface area contributed by atoms with Gasteiger partial charge in [0.05, 0.1) is 0 Å². The number of nitrogens with zero attached hydrogens (tertiary/aromatic N) is 1. The highest BCUT2D eigenvalue weighted by molar-refractivity contribution is 5.64. The summed E-state index contributed by atoms with van der Waals surface area (Å²) < 4.78 is 0. The molecule has 3 rings (SSSR count). The van der Waals surface area contributed by atoms with Gasteiger partial charge < -0.3 is 4.90 Å². The predicted molar refractivity (Wildman–Crippen MR) is 63.7 cm³/mol. The van der Waals surface area contributed by atoms with Gasteiger partial charge >= 0.3 is 0 Å². The van der Waals surface area contributed by atoms with Gasteiger partial charge in [0.25, 0.3) is 0 Å². The molecule has 1 heterocycles. The van der Waals surface area contributed by atoms with E-state index in [1.165, 1.54) is 22.4 Å². The zero-order valence-corrected chi connectivity index (χ0v) is 8.77. The lowest BCUT2D eigenvalue weighted by molar-refractivity contribution is 1.10. The monoisotopic (exact) mass is 195 g/mol. The van der Waals surface area contributed by atoms with Gasteiger partial charge in [-0.3, -0.25) is 0 Å². The number of anilines is 1. The summed E-state index contributed by atoms with van der Waals surface area (Å²) in [6.07, 6.45) is 6.75. The van der Waals surface area contributed by atoms with Crippen LogP contribution in [0.5, 0.6) is 0 Å². The zero-order chi connectivity index (χ0) is 10.3. The summed E-state index contributed by atoms with van der Waals surface area (Å²) in [6.45, 7) is 3.16. The van der Waals surface area contributed by atoms with Gasteiger partial charge in [-0.15, -0.1) is 0 Å². The Morgan fingerprint density at radius 2 is 1.87 bits per heavy atom. The van der Waals surface area contributed by atoms with Crippen molar-refractivity contribution >= 4 is 5.69 Å². The Hall–Kier alpha value is -1.76. The minimum Gasteiger partial charge on any atom is -0.343 e. The van der Waals surface area contributed by atoms with E-state index in [-0.39, 0.29) is 0 Å². The quantitative estimate of drug-likeness (QED) is 0.664. The van der Waals surface area contributed by atoms with E-state index in [1.807, 2.05) is 0 Å².